The number of benzene rings is 2. The molecule has 0 heterocycles. The van der Waals surface area contributed by atoms with Crippen molar-refractivity contribution in [3.8, 4) is 11.1 Å². The maximum Gasteiger partial charge on any atom is 2.00 e. The van der Waals surface area contributed by atoms with Gasteiger partial charge in [0.2, 0.25) is 0 Å². The summed E-state index contributed by atoms with van der Waals surface area (Å²) in [7, 11) is 0. The van der Waals surface area contributed by atoms with Crippen molar-refractivity contribution < 1.29 is 21.8 Å². The van der Waals surface area contributed by atoms with Crippen LogP contribution in [0.2, 0.25) is 0 Å². The fourth-order valence-corrected chi connectivity index (χ4v) is 1.91. The third-order valence-electron chi connectivity index (χ3n) is 2.57. The molecule has 0 aliphatic heterocycles. The summed E-state index contributed by atoms with van der Waals surface area (Å²) in [4.78, 5) is 11.9. The van der Waals surface area contributed by atoms with Gasteiger partial charge in [0.25, 0.3) is 0 Å². The maximum absolute atomic E-state index is 11.9. The second-order valence-corrected chi connectivity index (χ2v) is 3.35. The number of ketones is 1. The van der Waals surface area contributed by atoms with E-state index in [0.29, 0.717) is 0 Å². The normalized spacial score (nSPS) is 10.9. The average Bonchev–Trinajstić information content (AvgIpc) is 2.55. The van der Waals surface area contributed by atoms with Crippen LogP contribution in [-0.2, 0) is 0 Å². The van der Waals surface area contributed by atoms with E-state index in [1.165, 1.54) is 0 Å². The quantitative estimate of drug-likeness (QED) is 0.395. The maximum atomic E-state index is 11.9. The van der Waals surface area contributed by atoms with Gasteiger partial charge in [0.05, 0.1) is 0 Å². The Kier molecular flexibility index (Phi) is 4.30. The number of carbonyl (C=O) groups is 1. The zero-order valence-corrected chi connectivity index (χ0v) is 11.5. The van der Waals surface area contributed by atoms with E-state index >= 15 is 0 Å². The van der Waals surface area contributed by atoms with Crippen molar-refractivity contribution >= 4 is 28.8 Å². The minimum absolute atomic E-state index is 0. The van der Waals surface area contributed by atoms with Gasteiger partial charge in [-0.05, 0) is 5.56 Å². The number of rotatable bonds is 0. The molecule has 0 aromatic heterocycles. The molecule has 2 aromatic carbocycles. The summed E-state index contributed by atoms with van der Waals surface area (Å²) in [6, 6.07) is 16.2. The summed E-state index contributed by atoms with van der Waals surface area (Å²) < 4.78 is 0. The molecular formula is C13H7BrMgO. The second kappa shape index (κ2) is 5.12. The van der Waals surface area contributed by atoms with Crippen LogP contribution in [0.15, 0.2) is 42.5 Å². The summed E-state index contributed by atoms with van der Waals surface area (Å²) in [6.07, 6.45) is 0. The van der Waals surface area contributed by atoms with E-state index in [1.807, 2.05) is 36.4 Å². The fourth-order valence-electron chi connectivity index (χ4n) is 1.91. The van der Waals surface area contributed by atoms with Gasteiger partial charge in [0.15, 0.2) is 0 Å². The molecule has 0 atom stereocenters. The van der Waals surface area contributed by atoms with Crippen molar-refractivity contribution in [2.24, 2.45) is 0 Å². The Bertz CT molecular complexity index is 489. The molecule has 16 heavy (non-hydrogen) atoms. The molecule has 0 amide bonds. The monoisotopic (exact) mass is 282 g/mol. The molecule has 0 radical (unpaired) electrons. The smallest absolute Gasteiger partial charge is 1.00 e. The Labute approximate surface area is 121 Å². The fraction of sp³-hybridized carbons (Fsp3) is 0. The molecule has 2 aromatic rings. The first-order valence-electron chi connectivity index (χ1n) is 4.52. The Morgan fingerprint density at radius 2 is 1.50 bits per heavy atom. The van der Waals surface area contributed by atoms with Crippen molar-refractivity contribution in [2.75, 3.05) is 0 Å². The topological polar surface area (TPSA) is 17.1 Å². The third-order valence-corrected chi connectivity index (χ3v) is 2.57. The van der Waals surface area contributed by atoms with E-state index in [2.05, 4.69) is 6.07 Å². The third kappa shape index (κ3) is 1.83. The number of hydrogen-bond donors (Lipinski definition) is 0. The number of carbonyl (C=O) groups excluding carboxylic acids is 1. The van der Waals surface area contributed by atoms with Gasteiger partial charge in [0, 0.05) is 5.56 Å². The van der Waals surface area contributed by atoms with Crippen LogP contribution < -0.4 is 17.0 Å². The van der Waals surface area contributed by atoms with Gasteiger partial charge in [0.1, 0.15) is 5.78 Å². The molecule has 74 valence electrons. The summed E-state index contributed by atoms with van der Waals surface area (Å²) in [5, 5.41) is 0. The minimum atomic E-state index is 0. The van der Waals surface area contributed by atoms with Crippen LogP contribution in [0.4, 0.5) is 0 Å². The molecule has 3 heteroatoms. The Balaban J connectivity index is 0.000000640. The zero-order chi connectivity index (χ0) is 9.54. The predicted octanol–water partition coefficient (Wildman–Crippen LogP) is -0.679. The molecular weight excluding hydrogens is 276 g/mol. The van der Waals surface area contributed by atoms with Crippen LogP contribution in [0, 0.1) is 6.07 Å². The van der Waals surface area contributed by atoms with E-state index in [-0.39, 0.29) is 45.8 Å². The summed E-state index contributed by atoms with van der Waals surface area (Å²) in [5.74, 6) is 0.118. The Hall–Kier alpha value is -0.644. The molecule has 0 unspecified atom stereocenters. The van der Waals surface area contributed by atoms with Gasteiger partial charge in [-0.3, -0.25) is 0 Å². The number of hydrogen-bond acceptors (Lipinski definition) is 1. The Morgan fingerprint density at radius 1 is 0.875 bits per heavy atom. The molecule has 0 saturated carbocycles. The SMILES string of the molecule is O=C1c2c[c-]ccc2-c2ccccc21.[Br-].[Mg+2]. The van der Waals surface area contributed by atoms with Crippen LogP contribution in [0.3, 0.4) is 0 Å². The minimum Gasteiger partial charge on any atom is -1.00 e. The molecule has 1 aliphatic rings. The van der Waals surface area contributed by atoms with Crippen molar-refractivity contribution in [3.05, 3.63) is 59.7 Å². The first-order valence-corrected chi connectivity index (χ1v) is 4.52. The van der Waals surface area contributed by atoms with E-state index in [4.69, 9.17) is 0 Å². The van der Waals surface area contributed by atoms with Crippen molar-refractivity contribution in [1.82, 2.24) is 0 Å². The molecule has 1 nitrogen and oxygen atoms in total. The molecule has 3 rings (SSSR count). The van der Waals surface area contributed by atoms with Gasteiger partial charge >= 0.3 is 23.1 Å². The van der Waals surface area contributed by atoms with Gasteiger partial charge in [-0.1, -0.05) is 29.8 Å². The van der Waals surface area contributed by atoms with Crippen molar-refractivity contribution in [3.63, 3.8) is 0 Å². The van der Waals surface area contributed by atoms with Crippen molar-refractivity contribution in [1.29, 1.82) is 0 Å². The first-order chi connectivity index (χ1) is 6.88. The molecule has 1 aliphatic carbocycles. The van der Waals surface area contributed by atoms with E-state index in [0.717, 1.165) is 22.3 Å². The van der Waals surface area contributed by atoms with Crippen LogP contribution in [0.5, 0.6) is 0 Å². The van der Waals surface area contributed by atoms with E-state index in [9.17, 15) is 4.79 Å². The first kappa shape index (κ1) is 13.4. The van der Waals surface area contributed by atoms with Gasteiger partial charge in [-0.2, -0.15) is 24.3 Å². The summed E-state index contributed by atoms with van der Waals surface area (Å²) in [5.41, 5.74) is 3.65. The van der Waals surface area contributed by atoms with Gasteiger partial charge in [-0.25, -0.2) is 0 Å². The van der Waals surface area contributed by atoms with Crippen LogP contribution >= 0.6 is 0 Å². The van der Waals surface area contributed by atoms with Gasteiger partial charge in [-0.15, -0.1) is 5.56 Å². The largest absolute Gasteiger partial charge is 2.00 e. The second-order valence-electron chi connectivity index (χ2n) is 3.35. The van der Waals surface area contributed by atoms with Gasteiger partial charge < -0.3 is 21.8 Å². The van der Waals surface area contributed by atoms with E-state index < -0.39 is 0 Å². The molecule has 0 spiro atoms. The number of fused-ring (bicyclic) bond motifs is 3. The molecule has 0 N–H and O–H groups in total. The van der Waals surface area contributed by atoms with Crippen LogP contribution in [-0.4, -0.2) is 28.8 Å². The zero-order valence-electron chi connectivity index (χ0n) is 8.53. The van der Waals surface area contributed by atoms with Crippen molar-refractivity contribution in [2.45, 2.75) is 0 Å². The average molecular weight is 283 g/mol. The van der Waals surface area contributed by atoms with Crippen LogP contribution in [0.1, 0.15) is 15.9 Å². The number of halogens is 1. The molecule has 0 saturated heterocycles. The summed E-state index contributed by atoms with van der Waals surface area (Å²) in [6.45, 7) is 0. The molecule has 0 fully saturated rings. The summed E-state index contributed by atoms with van der Waals surface area (Å²) >= 11 is 0. The standard InChI is InChI=1S/C13H7O.BrH.Mg/c14-13-11-7-3-1-5-9(11)10-6-2-4-8-12(10)13;;/h1-3,5-8H;1H;/q-1;;+2/p-1. The van der Waals surface area contributed by atoms with E-state index in [1.54, 1.807) is 6.07 Å². The van der Waals surface area contributed by atoms with Crippen LogP contribution in [0.25, 0.3) is 11.1 Å². The Morgan fingerprint density at radius 3 is 2.25 bits per heavy atom. The molecule has 0 bridgehead atoms. The predicted molar refractivity (Wildman–Crippen MR) is 59.9 cm³/mol.